The number of hydrogen-bond acceptors (Lipinski definition) is 3. The molecule has 2 amide bonds. The molecular formula is C8H16N2O3. The van der Waals surface area contributed by atoms with Crippen molar-refractivity contribution in [2.45, 2.75) is 6.92 Å². The van der Waals surface area contributed by atoms with Crippen LogP contribution in [-0.4, -0.2) is 56.1 Å². The second-order valence-corrected chi connectivity index (χ2v) is 2.83. The summed E-state index contributed by atoms with van der Waals surface area (Å²) in [6.45, 7) is 2.47. The van der Waals surface area contributed by atoms with Gasteiger partial charge >= 0.3 is 6.09 Å². The van der Waals surface area contributed by atoms with Crippen molar-refractivity contribution in [1.82, 2.24) is 9.80 Å². The Morgan fingerprint density at radius 1 is 1.15 bits per heavy atom. The highest BCUT2D eigenvalue weighted by molar-refractivity contribution is 5.73. The summed E-state index contributed by atoms with van der Waals surface area (Å²) in [6.07, 6.45) is -0.392. The molecule has 0 unspecified atom stereocenters. The van der Waals surface area contributed by atoms with Crippen molar-refractivity contribution in [2.75, 3.05) is 34.3 Å². The smallest absolute Gasteiger partial charge is 0.409 e. The van der Waals surface area contributed by atoms with Crippen LogP contribution in [0.15, 0.2) is 0 Å². The van der Waals surface area contributed by atoms with Crippen molar-refractivity contribution >= 4 is 12.0 Å². The summed E-state index contributed by atoms with van der Waals surface area (Å²) in [7, 11) is 4.64. The summed E-state index contributed by atoms with van der Waals surface area (Å²) >= 11 is 0. The third kappa shape index (κ3) is 4.35. The van der Waals surface area contributed by atoms with Crippen LogP contribution in [0.5, 0.6) is 0 Å². The van der Waals surface area contributed by atoms with E-state index in [0.717, 1.165) is 0 Å². The Hall–Kier alpha value is -1.26. The maximum absolute atomic E-state index is 10.9. The highest BCUT2D eigenvalue weighted by atomic mass is 16.5. The van der Waals surface area contributed by atoms with Crippen molar-refractivity contribution in [1.29, 1.82) is 0 Å². The predicted molar refractivity (Wildman–Crippen MR) is 48.3 cm³/mol. The lowest BCUT2D eigenvalue weighted by molar-refractivity contribution is -0.127. The van der Waals surface area contributed by atoms with E-state index in [1.807, 2.05) is 0 Å². The Balaban J connectivity index is 3.76. The molecule has 0 fully saturated rings. The molecule has 0 spiro atoms. The van der Waals surface area contributed by atoms with E-state index < -0.39 is 6.09 Å². The van der Waals surface area contributed by atoms with Gasteiger partial charge in [-0.15, -0.1) is 0 Å². The number of amides is 2. The van der Waals surface area contributed by atoms with E-state index in [0.29, 0.717) is 13.1 Å². The minimum atomic E-state index is -0.392. The molecule has 5 nitrogen and oxygen atoms in total. The average Bonchev–Trinajstić information content (AvgIpc) is 2.11. The first-order valence-electron chi connectivity index (χ1n) is 3.99. The monoisotopic (exact) mass is 188 g/mol. The van der Waals surface area contributed by atoms with Crippen molar-refractivity contribution < 1.29 is 14.3 Å². The number of rotatable bonds is 3. The zero-order valence-corrected chi connectivity index (χ0v) is 8.53. The van der Waals surface area contributed by atoms with E-state index in [-0.39, 0.29) is 5.91 Å². The fraction of sp³-hybridized carbons (Fsp3) is 0.750. The molecule has 0 aliphatic carbocycles. The fourth-order valence-electron chi connectivity index (χ4n) is 0.705. The van der Waals surface area contributed by atoms with Crippen molar-refractivity contribution in [2.24, 2.45) is 0 Å². The highest BCUT2D eigenvalue weighted by Crippen LogP contribution is 1.90. The molecule has 0 saturated carbocycles. The molecule has 0 heterocycles. The summed E-state index contributed by atoms with van der Waals surface area (Å²) in [6, 6.07) is 0. The van der Waals surface area contributed by atoms with Crippen LogP contribution in [0.2, 0.25) is 0 Å². The van der Waals surface area contributed by atoms with Crippen LogP contribution in [0.25, 0.3) is 0 Å². The van der Waals surface area contributed by atoms with E-state index in [2.05, 4.69) is 4.74 Å². The van der Waals surface area contributed by atoms with E-state index in [1.165, 1.54) is 18.9 Å². The van der Waals surface area contributed by atoms with Crippen LogP contribution >= 0.6 is 0 Å². The minimum absolute atomic E-state index is 0.0155. The quantitative estimate of drug-likeness (QED) is 0.634. The zero-order valence-electron chi connectivity index (χ0n) is 8.53. The van der Waals surface area contributed by atoms with Gasteiger partial charge in [-0.1, -0.05) is 0 Å². The first-order valence-corrected chi connectivity index (χ1v) is 3.99. The van der Waals surface area contributed by atoms with Crippen LogP contribution in [0.3, 0.4) is 0 Å². The Morgan fingerprint density at radius 3 is 2.00 bits per heavy atom. The number of carbonyl (C=O) groups excluding carboxylic acids is 2. The summed E-state index contributed by atoms with van der Waals surface area (Å²) < 4.78 is 4.49. The van der Waals surface area contributed by atoms with Crippen molar-refractivity contribution in [3.05, 3.63) is 0 Å². The van der Waals surface area contributed by atoms with Crippen molar-refractivity contribution in [3.63, 3.8) is 0 Å². The second-order valence-electron chi connectivity index (χ2n) is 2.83. The molecule has 76 valence electrons. The third-order valence-corrected chi connectivity index (χ3v) is 1.79. The first-order chi connectivity index (χ1) is 5.99. The summed E-state index contributed by atoms with van der Waals surface area (Å²) in [5, 5.41) is 0. The van der Waals surface area contributed by atoms with Gasteiger partial charge in [0, 0.05) is 34.1 Å². The molecule has 13 heavy (non-hydrogen) atoms. The van der Waals surface area contributed by atoms with Crippen LogP contribution in [0, 0.1) is 0 Å². The maximum atomic E-state index is 10.9. The molecular weight excluding hydrogens is 172 g/mol. The Labute approximate surface area is 78.3 Å². The van der Waals surface area contributed by atoms with Gasteiger partial charge in [0.25, 0.3) is 0 Å². The summed E-state index contributed by atoms with van der Waals surface area (Å²) in [5.74, 6) is -0.0155. The molecule has 0 aliphatic rings. The number of carbonyl (C=O) groups is 2. The predicted octanol–water partition coefficient (Wildman–Crippen LogP) is 0.163. The topological polar surface area (TPSA) is 49.9 Å². The van der Waals surface area contributed by atoms with Gasteiger partial charge < -0.3 is 14.5 Å². The highest BCUT2D eigenvalue weighted by Gasteiger charge is 2.09. The first kappa shape index (κ1) is 11.7. The number of ether oxygens (including phenoxy) is 1. The van der Waals surface area contributed by atoms with E-state index in [1.54, 1.807) is 19.0 Å². The average molecular weight is 188 g/mol. The van der Waals surface area contributed by atoms with Gasteiger partial charge in [-0.05, 0) is 0 Å². The van der Waals surface area contributed by atoms with E-state index in [4.69, 9.17) is 0 Å². The number of likely N-dealkylation sites (N-methyl/N-ethyl adjacent to an activating group) is 2. The molecule has 5 heteroatoms. The Kier molecular flexibility index (Phi) is 4.87. The van der Waals surface area contributed by atoms with Crippen LogP contribution in [0.4, 0.5) is 4.79 Å². The summed E-state index contributed by atoms with van der Waals surface area (Å²) in [4.78, 5) is 24.6. The Bertz CT molecular complexity index is 194. The molecule has 0 rings (SSSR count). The van der Waals surface area contributed by atoms with Crippen LogP contribution in [0.1, 0.15) is 6.92 Å². The number of hydrogen-bond donors (Lipinski definition) is 0. The van der Waals surface area contributed by atoms with E-state index >= 15 is 0 Å². The van der Waals surface area contributed by atoms with E-state index in [9.17, 15) is 9.59 Å². The van der Waals surface area contributed by atoms with Crippen molar-refractivity contribution in [3.8, 4) is 0 Å². The standard InChI is InChI=1S/C8H16N2O3/c1-7(11)9(2)5-6-10(3)8(12)13-4/h5-6H2,1-4H3. The van der Waals surface area contributed by atoms with Crippen LogP contribution in [-0.2, 0) is 9.53 Å². The second kappa shape index (κ2) is 5.40. The maximum Gasteiger partial charge on any atom is 0.409 e. The molecule has 0 atom stereocenters. The minimum Gasteiger partial charge on any atom is -0.453 e. The molecule has 0 bridgehead atoms. The summed E-state index contributed by atoms with van der Waals surface area (Å²) in [5.41, 5.74) is 0. The number of nitrogens with zero attached hydrogens (tertiary/aromatic N) is 2. The normalized spacial score (nSPS) is 9.23. The molecule has 0 saturated heterocycles. The molecule has 0 radical (unpaired) electrons. The van der Waals surface area contributed by atoms with Crippen LogP contribution < -0.4 is 0 Å². The van der Waals surface area contributed by atoms with Gasteiger partial charge in [0.05, 0.1) is 7.11 Å². The molecule has 0 aromatic heterocycles. The SMILES string of the molecule is COC(=O)N(C)CCN(C)C(C)=O. The largest absolute Gasteiger partial charge is 0.453 e. The lowest BCUT2D eigenvalue weighted by Gasteiger charge is -2.20. The fourth-order valence-corrected chi connectivity index (χ4v) is 0.705. The molecule has 0 N–H and O–H groups in total. The molecule has 0 aliphatic heterocycles. The van der Waals surface area contributed by atoms with Gasteiger partial charge in [-0.3, -0.25) is 4.79 Å². The van der Waals surface area contributed by atoms with Gasteiger partial charge in [0.1, 0.15) is 0 Å². The lowest BCUT2D eigenvalue weighted by Crippen LogP contribution is -2.36. The van der Waals surface area contributed by atoms with Gasteiger partial charge in [0.2, 0.25) is 5.91 Å². The number of methoxy groups -OCH3 is 1. The Morgan fingerprint density at radius 2 is 1.62 bits per heavy atom. The van der Waals surface area contributed by atoms with Gasteiger partial charge in [-0.2, -0.15) is 0 Å². The third-order valence-electron chi connectivity index (χ3n) is 1.79. The zero-order chi connectivity index (χ0) is 10.4. The van der Waals surface area contributed by atoms with Gasteiger partial charge in [-0.25, -0.2) is 4.79 Å². The molecule has 0 aromatic rings. The lowest BCUT2D eigenvalue weighted by atomic mass is 10.5. The molecule has 0 aromatic carbocycles. The van der Waals surface area contributed by atoms with Gasteiger partial charge in [0.15, 0.2) is 0 Å².